The monoisotopic (exact) mass is 278 g/mol. The molecule has 0 saturated heterocycles. The maximum absolute atomic E-state index is 13.8. The van der Waals surface area contributed by atoms with E-state index in [0.29, 0.717) is 0 Å². The van der Waals surface area contributed by atoms with Crippen LogP contribution >= 0.6 is 11.8 Å². The van der Waals surface area contributed by atoms with Crippen LogP contribution in [0.1, 0.15) is 15.9 Å². The van der Waals surface area contributed by atoms with E-state index in [0.717, 1.165) is 17.3 Å². The highest BCUT2D eigenvalue weighted by atomic mass is 32.2. The number of thioether (sulfide) groups is 1. The fraction of sp³-hybridized carbons (Fsp3) is 0.133. The van der Waals surface area contributed by atoms with E-state index >= 15 is 0 Å². The second kappa shape index (κ2) is 5.97. The van der Waals surface area contributed by atoms with Crippen LogP contribution in [0.2, 0.25) is 0 Å². The van der Waals surface area contributed by atoms with Gasteiger partial charge in [0.15, 0.2) is 17.4 Å². The predicted molar refractivity (Wildman–Crippen MR) is 72.6 cm³/mol. The zero-order chi connectivity index (χ0) is 13.8. The standard InChI is InChI=1S/C15H12F2OS/c1-19-13-8-7-11(14(16)15(13)17)12(18)9-10-5-3-2-4-6-10/h2-8H,9H2,1H3. The molecule has 98 valence electrons. The third-order valence-corrected chi connectivity index (χ3v) is 3.53. The Morgan fingerprint density at radius 2 is 1.74 bits per heavy atom. The largest absolute Gasteiger partial charge is 0.294 e. The summed E-state index contributed by atoms with van der Waals surface area (Å²) in [5, 5.41) is 0. The SMILES string of the molecule is CSc1ccc(C(=O)Cc2ccccc2)c(F)c1F. The number of carbonyl (C=O) groups is 1. The number of carbonyl (C=O) groups excluding carboxylic acids is 1. The van der Waals surface area contributed by atoms with E-state index in [9.17, 15) is 13.6 Å². The maximum atomic E-state index is 13.8. The average molecular weight is 278 g/mol. The van der Waals surface area contributed by atoms with Crippen LogP contribution in [0.4, 0.5) is 8.78 Å². The molecule has 0 spiro atoms. The van der Waals surface area contributed by atoms with Gasteiger partial charge in [-0.15, -0.1) is 11.8 Å². The predicted octanol–water partition coefficient (Wildman–Crippen LogP) is 4.11. The second-order valence-corrected chi connectivity index (χ2v) is 4.88. The Labute approximate surface area is 114 Å². The van der Waals surface area contributed by atoms with Gasteiger partial charge < -0.3 is 0 Å². The number of hydrogen-bond donors (Lipinski definition) is 0. The van der Waals surface area contributed by atoms with Crippen molar-refractivity contribution in [1.82, 2.24) is 0 Å². The molecule has 0 heterocycles. The van der Waals surface area contributed by atoms with Gasteiger partial charge in [0.2, 0.25) is 0 Å². The van der Waals surface area contributed by atoms with Gasteiger partial charge in [-0.3, -0.25) is 4.79 Å². The van der Waals surface area contributed by atoms with Gasteiger partial charge in [-0.25, -0.2) is 8.78 Å². The van der Waals surface area contributed by atoms with Gasteiger partial charge in [0.25, 0.3) is 0 Å². The van der Waals surface area contributed by atoms with Gasteiger partial charge in [-0.1, -0.05) is 30.3 Å². The van der Waals surface area contributed by atoms with E-state index in [1.165, 1.54) is 12.1 Å². The molecule has 0 radical (unpaired) electrons. The molecule has 0 amide bonds. The lowest BCUT2D eigenvalue weighted by atomic mass is 10.0. The molecule has 0 aromatic heterocycles. The molecule has 2 rings (SSSR count). The zero-order valence-electron chi connectivity index (χ0n) is 10.3. The summed E-state index contributed by atoms with van der Waals surface area (Å²) in [6.45, 7) is 0. The molecular formula is C15H12F2OS. The topological polar surface area (TPSA) is 17.1 Å². The molecule has 2 aromatic rings. The van der Waals surface area contributed by atoms with Crippen molar-refractivity contribution in [2.75, 3.05) is 6.26 Å². The summed E-state index contributed by atoms with van der Waals surface area (Å²) in [6.07, 6.45) is 1.72. The van der Waals surface area contributed by atoms with Crippen molar-refractivity contribution in [3.05, 3.63) is 65.2 Å². The Morgan fingerprint density at radius 3 is 2.37 bits per heavy atom. The van der Waals surface area contributed by atoms with E-state index in [-0.39, 0.29) is 16.9 Å². The van der Waals surface area contributed by atoms with E-state index in [1.54, 1.807) is 30.5 Å². The van der Waals surface area contributed by atoms with E-state index in [2.05, 4.69) is 0 Å². The van der Waals surface area contributed by atoms with E-state index < -0.39 is 17.4 Å². The maximum Gasteiger partial charge on any atom is 0.173 e. The second-order valence-electron chi connectivity index (χ2n) is 4.03. The molecule has 0 atom stereocenters. The van der Waals surface area contributed by atoms with E-state index in [1.807, 2.05) is 6.07 Å². The molecule has 0 unspecified atom stereocenters. The van der Waals surface area contributed by atoms with Crippen molar-refractivity contribution in [2.45, 2.75) is 11.3 Å². The highest BCUT2D eigenvalue weighted by molar-refractivity contribution is 7.98. The molecule has 0 N–H and O–H groups in total. The van der Waals surface area contributed by atoms with Gasteiger partial charge in [0.1, 0.15) is 0 Å². The number of hydrogen-bond acceptors (Lipinski definition) is 2. The van der Waals surface area contributed by atoms with Crippen LogP contribution in [0.5, 0.6) is 0 Å². The van der Waals surface area contributed by atoms with Gasteiger partial charge in [-0.2, -0.15) is 0 Å². The van der Waals surface area contributed by atoms with Crippen molar-refractivity contribution < 1.29 is 13.6 Å². The Hall–Kier alpha value is -1.68. The van der Waals surface area contributed by atoms with Gasteiger partial charge in [0.05, 0.1) is 5.56 Å². The molecule has 0 aliphatic heterocycles. The van der Waals surface area contributed by atoms with Crippen LogP contribution in [0, 0.1) is 11.6 Å². The molecule has 0 fully saturated rings. The minimum Gasteiger partial charge on any atom is -0.294 e. The minimum atomic E-state index is -1.06. The molecule has 0 saturated carbocycles. The lowest BCUT2D eigenvalue weighted by Gasteiger charge is -2.06. The summed E-state index contributed by atoms with van der Waals surface area (Å²) in [4.78, 5) is 12.2. The Kier molecular flexibility index (Phi) is 4.32. The highest BCUT2D eigenvalue weighted by Gasteiger charge is 2.18. The summed E-state index contributed by atoms with van der Waals surface area (Å²) < 4.78 is 27.4. The Balaban J connectivity index is 2.27. The van der Waals surface area contributed by atoms with Crippen LogP contribution in [0.25, 0.3) is 0 Å². The first-order valence-corrected chi connectivity index (χ1v) is 6.95. The molecule has 0 aliphatic rings. The van der Waals surface area contributed by atoms with Crippen molar-refractivity contribution in [3.8, 4) is 0 Å². The lowest BCUT2D eigenvalue weighted by Crippen LogP contribution is -2.08. The van der Waals surface area contributed by atoms with Gasteiger partial charge >= 0.3 is 0 Å². The van der Waals surface area contributed by atoms with Crippen molar-refractivity contribution in [3.63, 3.8) is 0 Å². The molecule has 4 heteroatoms. The number of halogens is 2. The first kappa shape index (κ1) is 13.7. The number of Topliss-reactive ketones (excluding diaryl/α,β-unsaturated/α-hetero) is 1. The van der Waals surface area contributed by atoms with Gasteiger partial charge in [0, 0.05) is 11.3 Å². The molecule has 1 nitrogen and oxygen atoms in total. The normalized spacial score (nSPS) is 10.5. The summed E-state index contributed by atoms with van der Waals surface area (Å²) >= 11 is 1.11. The molecule has 0 bridgehead atoms. The number of benzene rings is 2. The molecule has 2 aromatic carbocycles. The Bertz CT molecular complexity index is 597. The quantitative estimate of drug-likeness (QED) is 0.618. The first-order chi connectivity index (χ1) is 9.13. The zero-order valence-corrected chi connectivity index (χ0v) is 11.1. The lowest BCUT2D eigenvalue weighted by molar-refractivity contribution is 0.0988. The Morgan fingerprint density at radius 1 is 1.05 bits per heavy atom. The summed E-state index contributed by atoms with van der Waals surface area (Å²) in [6, 6.07) is 11.8. The van der Waals surface area contributed by atoms with E-state index in [4.69, 9.17) is 0 Å². The fourth-order valence-electron chi connectivity index (χ4n) is 1.78. The van der Waals surface area contributed by atoms with Gasteiger partial charge in [-0.05, 0) is 24.0 Å². The third kappa shape index (κ3) is 3.01. The number of ketones is 1. The average Bonchev–Trinajstić information content (AvgIpc) is 2.42. The van der Waals surface area contributed by atoms with Crippen molar-refractivity contribution in [1.29, 1.82) is 0 Å². The first-order valence-electron chi connectivity index (χ1n) is 5.72. The fourth-order valence-corrected chi connectivity index (χ4v) is 2.25. The highest BCUT2D eigenvalue weighted by Crippen LogP contribution is 2.24. The van der Waals surface area contributed by atoms with Crippen molar-refractivity contribution in [2.24, 2.45) is 0 Å². The molecule has 0 aliphatic carbocycles. The minimum absolute atomic E-state index is 0.0653. The van der Waals surface area contributed by atoms with Crippen LogP contribution in [-0.2, 0) is 6.42 Å². The van der Waals surface area contributed by atoms with Crippen molar-refractivity contribution >= 4 is 17.5 Å². The molecular weight excluding hydrogens is 266 g/mol. The summed E-state index contributed by atoms with van der Waals surface area (Å²) in [5.74, 6) is -2.44. The van der Waals surface area contributed by atoms with Crippen LogP contribution < -0.4 is 0 Å². The molecule has 19 heavy (non-hydrogen) atoms. The summed E-state index contributed by atoms with van der Waals surface area (Å²) in [5.41, 5.74) is 0.584. The number of rotatable bonds is 4. The smallest absolute Gasteiger partial charge is 0.173 e. The summed E-state index contributed by atoms with van der Waals surface area (Å²) in [7, 11) is 0. The van der Waals surface area contributed by atoms with Crippen LogP contribution in [0.3, 0.4) is 0 Å². The van der Waals surface area contributed by atoms with Crippen LogP contribution in [-0.4, -0.2) is 12.0 Å². The third-order valence-electron chi connectivity index (χ3n) is 2.77. The van der Waals surface area contributed by atoms with Crippen LogP contribution in [0.15, 0.2) is 47.4 Å².